The summed E-state index contributed by atoms with van der Waals surface area (Å²) in [6, 6.07) is 1.27. The predicted octanol–water partition coefficient (Wildman–Crippen LogP) is 2.39. The number of carboxylic acid groups (broad SMARTS) is 1. The molecule has 2 N–H and O–H groups in total. The van der Waals surface area contributed by atoms with Gasteiger partial charge < -0.3 is 9.84 Å². The summed E-state index contributed by atoms with van der Waals surface area (Å²) in [4.78, 5) is 10.8. The zero-order valence-corrected chi connectivity index (χ0v) is 13.9. The number of nitrogens with one attached hydrogen (secondary N) is 1. The second kappa shape index (κ2) is 6.83. The summed E-state index contributed by atoms with van der Waals surface area (Å²) in [5.41, 5.74) is 0. The summed E-state index contributed by atoms with van der Waals surface area (Å²) in [6.07, 6.45) is 0. The maximum atomic E-state index is 12.3. The van der Waals surface area contributed by atoms with Crippen molar-refractivity contribution in [2.45, 2.75) is 24.8 Å². The highest BCUT2D eigenvalue weighted by molar-refractivity contribution is 7.89. The number of methoxy groups -OCH3 is 1. The quantitative estimate of drug-likeness (QED) is 0.817. The van der Waals surface area contributed by atoms with E-state index in [-0.39, 0.29) is 20.7 Å². The van der Waals surface area contributed by atoms with Crippen molar-refractivity contribution in [1.29, 1.82) is 0 Å². The van der Waals surface area contributed by atoms with Gasteiger partial charge in [-0.05, 0) is 18.1 Å². The first-order valence-corrected chi connectivity index (χ1v) is 8.12. The largest absolute Gasteiger partial charge is 0.495 e. The van der Waals surface area contributed by atoms with Crippen LogP contribution in [0.5, 0.6) is 5.75 Å². The van der Waals surface area contributed by atoms with E-state index >= 15 is 0 Å². The summed E-state index contributed by atoms with van der Waals surface area (Å²) < 4.78 is 31.6. The Labute approximate surface area is 133 Å². The average molecular weight is 356 g/mol. The van der Waals surface area contributed by atoms with E-state index in [0.717, 1.165) is 0 Å². The molecule has 0 aliphatic heterocycles. The molecule has 118 valence electrons. The third-order valence-electron chi connectivity index (χ3n) is 2.74. The van der Waals surface area contributed by atoms with Crippen molar-refractivity contribution in [3.8, 4) is 5.75 Å². The molecule has 0 fully saturated rings. The van der Waals surface area contributed by atoms with Gasteiger partial charge in [0, 0.05) is 0 Å². The number of carbonyl (C=O) groups is 1. The van der Waals surface area contributed by atoms with Gasteiger partial charge in [0.05, 0.1) is 12.1 Å². The number of hydrogen-bond acceptors (Lipinski definition) is 4. The number of sulfonamides is 1. The molecule has 0 radical (unpaired) electrons. The molecule has 0 aliphatic carbocycles. The van der Waals surface area contributed by atoms with Gasteiger partial charge in [-0.15, -0.1) is 0 Å². The van der Waals surface area contributed by atoms with Crippen molar-refractivity contribution in [3.63, 3.8) is 0 Å². The number of rotatable bonds is 6. The average Bonchev–Trinajstić information content (AvgIpc) is 2.38. The second-order valence-electron chi connectivity index (χ2n) is 4.58. The van der Waals surface area contributed by atoms with E-state index in [0.29, 0.717) is 0 Å². The van der Waals surface area contributed by atoms with E-state index in [1.165, 1.54) is 19.2 Å². The van der Waals surface area contributed by atoms with Crippen molar-refractivity contribution >= 4 is 39.2 Å². The normalized spacial score (nSPS) is 13.2. The lowest BCUT2D eigenvalue weighted by molar-refractivity contribution is -0.140. The Bertz CT molecular complexity index is 645. The maximum Gasteiger partial charge on any atom is 0.322 e. The number of benzene rings is 1. The third-order valence-corrected chi connectivity index (χ3v) is 5.20. The van der Waals surface area contributed by atoms with Gasteiger partial charge in [0.25, 0.3) is 0 Å². The molecule has 0 unspecified atom stereocenters. The highest BCUT2D eigenvalue weighted by atomic mass is 35.5. The Morgan fingerprint density at radius 3 is 2.29 bits per heavy atom. The zero-order chi connectivity index (χ0) is 16.4. The molecule has 21 heavy (non-hydrogen) atoms. The van der Waals surface area contributed by atoms with Crippen LogP contribution in [0.15, 0.2) is 17.0 Å². The van der Waals surface area contributed by atoms with Gasteiger partial charge in [-0.3, -0.25) is 4.79 Å². The lowest BCUT2D eigenvalue weighted by Crippen LogP contribution is -2.44. The van der Waals surface area contributed by atoms with Crippen LogP contribution >= 0.6 is 23.2 Å². The van der Waals surface area contributed by atoms with Crippen LogP contribution in [0, 0.1) is 5.92 Å². The Morgan fingerprint density at radius 1 is 1.29 bits per heavy atom. The molecule has 0 bridgehead atoms. The molecule has 9 heteroatoms. The fraction of sp³-hybridized carbons (Fsp3) is 0.417. The lowest BCUT2D eigenvalue weighted by atomic mass is 10.1. The minimum Gasteiger partial charge on any atom is -0.495 e. The Hall–Kier alpha value is -1.02. The van der Waals surface area contributed by atoms with Gasteiger partial charge in [0.2, 0.25) is 10.0 Å². The number of ether oxygens (including phenoxy) is 1. The summed E-state index contributed by atoms with van der Waals surface area (Å²) in [5, 5.41) is 8.77. The van der Waals surface area contributed by atoms with Crippen LogP contribution in [0.4, 0.5) is 0 Å². The van der Waals surface area contributed by atoms with Crippen LogP contribution < -0.4 is 9.46 Å². The molecule has 0 aromatic heterocycles. The van der Waals surface area contributed by atoms with Crippen molar-refractivity contribution in [2.24, 2.45) is 5.92 Å². The third kappa shape index (κ3) is 4.00. The number of carboxylic acids is 1. The van der Waals surface area contributed by atoms with Crippen molar-refractivity contribution in [1.82, 2.24) is 4.72 Å². The van der Waals surface area contributed by atoms with E-state index in [4.69, 9.17) is 33.0 Å². The van der Waals surface area contributed by atoms with Crippen LogP contribution in [0.2, 0.25) is 10.0 Å². The van der Waals surface area contributed by atoms with Crippen molar-refractivity contribution in [3.05, 3.63) is 22.2 Å². The molecule has 0 amide bonds. The van der Waals surface area contributed by atoms with Crippen molar-refractivity contribution < 1.29 is 23.1 Å². The van der Waals surface area contributed by atoms with Gasteiger partial charge >= 0.3 is 5.97 Å². The lowest BCUT2D eigenvalue weighted by Gasteiger charge is -2.19. The van der Waals surface area contributed by atoms with E-state index in [9.17, 15) is 13.2 Å². The summed E-state index contributed by atoms with van der Waals surface area (Å²) in [5.74, 6) is -1.49. The van der Waals surface area contributed by atoms with Gasteiger partial charge in [0.15, 0.2) is 0 Å². The molecule has 1 atom stereocenters. The van der Waals surface area contributed by atoms with E-state index in [1.54, 1.807) is 13.8 Å². The number of halogens is 2. The van der Waals surface area contributed by atoms with Crippen LogP contribution in [0.3, 0.4) is 0 Å². The first-order valence-electron chi connectivity index (χ1n) is 5.89. The topological polar surface area (TPSA) is 92.7 Å². The Morgan fingerprint density at radius 2 is 1.86 bits per heavy atom. The molecule has 0 aliphatic rings. The summed E-state index contributed by atoms with van der Waals surface area (Å²) >= 11 is 11.8. The first-order chi connectivity index (χ1) is 9.61. The summed E-state index contributed by atoms with van der Waals surface area (Å²) in [7, 11) is -2.77. The zero-order valence-electron chi connectivity index (χ0n) is 11.6. The highest BCUT2D eigenvalue weighted by Crippen LogP contribution is 2.36. The Balaban J connectivity index is 3.26. The molecule has 0 spiro atoms. The first kappa shape index (κ1) is 18.0. The molecule has 6 nitrogen and oxygen atoms in total. The smallest absolute Gasteiger partial charge is 0.322 e. The molecule has 1 rings (SSSR count). The van der Waals surface area contributed by atoms with Crippen LogP contribution in [0.25, 0.3) is 0 Å². The Kier molecular flexibility index (Phi) is 5.86. The molecular weight excluding hydrogens is 341 g/mol. The summed E-state index contributed by atoms with van der Waals surface area (Å²) in [6.45, 7) is 3.17. The van der Waals surface area contributed by atoms with Crippen LogP contribution in [-0.2, 0) is 14.8 Å². The van der Waals surface area contributed by atoms with Gasteiger partial charge in [0.1, 0.15) is 21.7 Å². The monoisotopic (exact) mass is 355 g/mol. The SMILES string of the molecule is COc1ccc(S(=O)(=O)N[C@H](C(=O)O)C(C)C)c(Cl)c1Cl. The van der Waals surface area contributed by atoms with Gasteiger partial charge in [-0.25, -0.2) is 8.42 Å². The maximum absolute atomic E-state index is 12.3. The molecule has 0 heterocycles. The van der Waals surface area contributed by atoms with Gasteiger partial charge in [-0.1, -0.05) is 37.0 Å². The standard InChI is InChI=1S/C12H15Cl2NO5S/c1-6(2)11(12(16)17)15-21(18,19)8-5-4-7(20-3)9(13)10(8)14/h4-6,11,15H,1-3H3,(H,16,17)/t11-/m0/s1. The van der Waals surface area contributed by atoms with Gasteiger partial charge in [-0.2, -0.15) is 4.72 Å². The van der Waals surface area contributed by atoms with Crippen LogP contribution in [-0.4, -0.2) is 32.6 Å². The minimum atomic E-state index is -4.13. The minimum absolute atomic E-state index is 0.0570. The number of hydrogen-bond donors (Lipinski definition) is 2. The van der Waals surface area contributed by atoms with E-state index in [1.807, 2.05) is 0 Å². The fourth-order valence-electron chi connectivity index (χ4n) is 1.58. The van der Waals surface area contributed by atoms with E-state index < -0.39 is 28.0 Å². The highest BCUT2D eigenvalue weighted by Gasteiger charge is 2.30. The molecular formula is C12H15Cl2NO5S. The fourth-order valence-corrected chi connectivity index (χ4v) is 3.76. The van der Waals surface area contributed by atoms with E-state index in [2.05, 4.69) is 4.72 Å². The molecule has 1 aromatic carbocycles. The van der Waals surface area contributed by atoms with Crippen LogP contribution in [0.1, 0.15) is 13.8 Å². The molecule has 1 aromatic rings. The number of aliphatic carboxylic acids is 1. The van der Waals surface area contributed by atoms with Crippen molar-refractivity contribution in [2.75, 3.05) is 7.11 Å². The predicted molar refractivity (Wildman–Crippen MR) is 79.6 cm³/mol. The molecule has 0 saturated carbocycles. The second-order valence-corrected chi connectivity index (χ2v) is 7.01. The molecule has 0 saturated heterocycles.